The van der Waals surface area contributed by atoms with Crippen LogP contribution in [0, 0.1) is 0 Å². The van der Waals surface area contributed by atoms with E-state index in [-0.39, 0.29) is 5.12 Å². The molecular weight excluding hydrogens is 324 g/mol. The Kier molecular flexibility index (Phi) is 3.40. The third kappa shape index (κ3) is 2.72. The lowest BCUT2D eigenvalue weighted by Gasteiger charge is -1.98. The molecule has 0 aliphatic heterocycles. The molecule has 0 spiro atoms. The van der Waals surface area contributed by atoms with Crippen LogP contribution in [-0.2, 0) is 0 Å². The third-order valence-electron chi connectivity index (χ3n) is 2.64. The van der Waals surface area contributed by atoms with Crippen molar-refractivity contribution in [1.82, 2.24) is 9.97 Å². The van der Waals surface area contributed by atoms with Crippen LogP contribution in [0.3, 0.4) is 0 Å². The Labute approximate surface area is 122 Å². The molecule has 0 saturated heterocycles. The van der Waals surface area contributed by atoms with E-state index < -0.39 is 0 Å². The minimum absolute atomic E-state index is 0.0217. The van der Waals surface area contributed by atoms with Gasteiger partial charge in [0.05, 0.1) is 11.0 Å². The van der Waals surface area contributed by atoms with Crippen LogP contribution >= 0.6 is 27.7 Å². The minimum Gasteiger partial charge on any atom is -0.333 e. The fraction of sp³-hybridized carbons (Fsp3) is 0. The molecule has 3 aromatic rings. The van der Waals surface area contributed by atoms with Crippen LogP contribution in [0.25, 0.3) is 11.0 Å². The number of carbonyl (C=O) groups excluding carboxylic acids is 1. The summed E-state index contributed by atoms with van der Waals surface area (Å²) < 4.78 is 0.956. The number of benzene rings is 2. The molecule has 1 aromatic heterocycles. The van der Waals surface area contributed by atoms with E-state index in [9.17, 15) is 4.79 Å². The number of H-pyrrole nitrogens is 1. The largest absolute Gasteiger partial charge is 0.333 e. The highest BCUT2D eigenvalue weighted by atomic mass is 79.9. The number of hydrogen-bond donors (Lipinski definition) is 1. The van der Waals surface area contributed by atoms with Crippen molar-refractivity contribution in [3.05, 3.63) is 58.6 Å². The van der Waals surface area contributed by atoms with Crippen molar-refractivity contribution in [3.63, 3.8) is 0 Å². The van der Waals surface area contributed by atoms with E-state index >= 15 is 0 Å². The quantitative estimate of drug-likeness (QED) is 0.713. The van der Waals surface area contributed by atoms with E-state index in [1.54, 1.807) is 12.1 Å². The van der Waals surface area contributed by atoms with E-state index in [4.69, 9.17) is 0 Å². The summed E-state index contributed by atoms with van der Waals surface area (Å²) in [7, 11) is 0. The Balaban J connectivity index is 1.84. The molecule has 19 heavy (non-hydrogen) atoms. The van der Waals surface area contributed by atoms with Gasteiger partial charge in [0.1, 0.15) is 0 Å². The molecular formula is C14H9BrN2OS. The number of nitrogens with zero attached hydrogens (tertiary/aromatic N) is 1. The molecule has 0 aliphatic rings. The number of thioether (sulfide) groups is 1. The maximum atomic E-state index is 12.1. The lowest BCUT2D eigenvalue weighted by Crippen LogP contribution is -1.93. The van der Waals surface area contributed by atoms with Crippen molar-refractivity contribution in [1.29, 1.82) is 0 Å². The second kappa shape index (κ2) is 5.19. The zero-order valence-corrected chi connectivity index (χ0v) is 12.2. The first-order valence-corrected chi connectivity index (χ1v) is 7.26. The monoisotopic (exact) mass is 332 g/mol. The number of carbonyl (C=O) groups is 1. The molecule has 0 saturated carbocycles. The predicted octanol–water partition coefficient (Wildman–Crippen LogP) is 4.26. The normalized spacial score (nSPS) is 10.8. The number of hydrogen-bond acceptors (Lipinski definition) is 3. The van der Waals surface area contributed by atoms with Gasteiger partial charge < -0.3 is 4.98 Å². The third-order valence-corrected chi connectivity index (χ3v) is 3.97. The number of para-hydroxylation sites is 2. The summed E-state index contributed by atoms with van der Waals surface area (Å²) in [6.45, 7) is 0. The number of aromatic amines is 1. The Bertz CT molecular complexity index is 704. The van der Waals surface area contributed by atoms with Gasteiger partial charge >= 0.3 is 0 Å². The summed E-state index contributed by atoms with van der Waals surface area (Å²) in [4.78, 5) is 19.6. The fourth-order valence-electron chi connectivity index (χ4n) is 1.71. The van der Waals surface area contributed by atoms with Gasteiger partial charge in [0.2, 0.25) is 5.12 Å². The molecule has 3 rings (SSSR count). The molecule has 0 aliphatic carbocycles. The molecule has 94 valence electrons. The van der Waals surface area contributed by atoms with Gasteiger partial charge in [0.25, 0.3) is 0 Å². The van der Waals surface area contributed by atoms with Crippen LogP contribution in [0.15, 0.2) is 58.2 Å². The van der Waals surface area contributed by atoms with E-state index in [2.05, 4.69) is 25.9 Å². The summed E-state index contributed by atoms with van der Waals surface area (Å²) >= 11 is 4.46. The molecule has 5 heteroatoms. The van der Waals surface area contributed by atoms with Crippen molar-refractivity contribution in [2.75, 3.05) is 0 Å². The predicted molar refractivity (Wildman–Crippen MR) is 80.4 cm³/mol. The van der Waals surface area contributed by atoms with Gasteiger partial charge in [0.15, 0.2) is 5.16 Å². The van der Waals surface area contributed by atoms with Crippen LogP contribution in [0.2, 0.25) is 0 Å². The van der Waals surface area contributed by atoms with Crippen LogP contribution in [0.1, 0.15) is 10.4 Å². The van der Waals surface area contributed by atoms with Gasteiger partial charge in [0, 0.05) is 10.0 Å². The molecule has 1 heterocycles. The number of imidazole rings is 1. The molecule has 0 atom stereocenters. The second-order valence-electron chi connectivity index (χ2n) is 3.96. The second-order valence-corrected chi connectivity index (χ2v) is 5.83. The van der Waals surface area contributed by atoms with Gasteiger partial charge in [-0.15, -0.1) is 0 Å². The molecule has 0 bridgehead atoms. The minimum atomic E-state index is -0.0217. The summed E-state index contributed by atoms with van der Waals surface area (Å²) in [5, 5.41) is 0.598. The standard InChI is InChI=1S/C14H9BrN2OS/c15-10-7-5-9(6-8-10)13(18)19-14-16-11-3-1-2-4-12(11)17-14/h1-8H,(H,16,17). The number of rotatable bonds is 2. The highest BCUT2D eigenvalue weighted by Gasteiger charge is 2.11. The van der Waals surface area contributed by atoms with Crippen molar-refractivity contribution in [2.45, 2.75) is 5.16 Å². The average Bonchev–Trinajstić information content (AvgIpc) is 2.81. The number of fused-ring (bicyclic) bond motifs is 1. The SMILES string of the molecule is O=C(Sc1nc2ccccc2[nH]1)c1ccc(Br)cc1. The first-order chi connectivity index (χ1) is 9.22. The Morgan fingerprint density at radius 2 is 1.84 bits per heavy atom. The van der Waals surface area contributed by atoms with E-state index in [1.807, 2.05) is 36.4 Å². The summed E-state index contributed by atoms with van der Waals surface area (Å²) in [6, 6.07) is 15.0. The maximum Gasteiger partial charge on any atom is 0.227 e. The molecule has 0 radical (unpaired) electrons. The summed E-state index contributed by atoms with van der Waals surface area (Å²) in [6.07, 6.45) is 0. The highest BCUT2D eigenvalue weighted by Crippen LogP contribution is 2.23. The molecule has 1 N–H and O–H groups in total. The summed E-state index contributed by atoms with van der Waals surface area (Å²) in [5.74, 6) is 0. The highest BCUT2D eigenvalue weighted by molar-refractivity contribution is 9.10. The van der Waals surface area contributed by atoms with Gasteiger partial charge in [-0.05, 0) is 48.2 Å². The number of halogens is 1. The maximum absolute atomic E-state index is 12.1. The van der Waals surface area contributed by atoms with Crippen molar-refractivity contribution in [2.24, 2.45) is 0 Å². The van der Waals surface area contributed by atoms with Gasteiger partial charge in [-0.1, -0.05) is 28.1 Å². The lowest BCUT2D eigenvalue weighted by molar-refractivity contribution is 0.108. The van der Waals surface area contributed by atoms with Crippen LogP contribution in [0.5, 0.6) is 0 Å². The number of aromatic nitrogens is 2. The van der Waals surface area contributed by atoms with Gasteiger partial charge in [-0.2, -0.15) is 0 Å². The molecule has 2 aromatic carbocycles. The van der Waals surface area contributed by atoms with E-state index in [0.29, 0.717) is 10.7 Å². The van der Waals surface area contributed by atoms with Gasteiger partial charge in [-0.3, -0.25) is 4.79 Å². The van der Waals surface area contributed by atoms with E-state index in [0.717, 1.165) is 27.3 Å². The molecule has 0 unspecified atom stereocenters. The average molecular weight is 333 g/mol. The van der Waals surface area contributed by atoms with Crippen LogP contribution in [-0.4, -0.2) is 15.1 Å². The summed E-state index contributed by atoms with van der Waals surface area (Å²) in [5.41, 5.74) is 2.47. The van der Waals surface area contributed by atoms with Crippen molar-refractivity contribution in [3.8, 4) is 0 Å². The van der Waals surface area contributed by atoms with Crippen molar-refractivity contribution < 1.29 is 4.79 Å². The first-order valence-electron chi connectivity index (χ1n) is 5.65. The zero-order chi connectivity index (χ0) is 13.2. The Hall–Kier alpha value is -1.59. The first kappa shape index (κ1) is 12.4. The fourth-order valence-corrected chi connectivity index (χ4v) is 2.71. The number of nitrogens with one attached hydrogen (secondary N) is 1. The molecule has 0 fully saturated rings. The molecule has 0 amide bonds. The van der Waals surface area contributed by atoms with Crippen LogP contribution < -0.4 is 0 Å². The van der Waals surface area contributed by atoms with E-state index in [1.165, 1.54) is 0 Å². The Morgan fingerprint density at radius 1 is 1.11 bits per heavy atom. The zero-order valence-electron chi connectivity index (χ0n) is 9.76. The topological polar surface area (TPSA) is 45.8 Å². The Morgan fingerprint density at radius 3 is 2.58 bits per heavy atom. The van der Waals surface area contributed by atoms with Gasteiger partial charge in [-0.25, -0.2) is 4.98 Å². The van der Waals surface area contributed by atoms with Crippen LogP contribution in [0.4, 0.5) is 0 Å². The smallest absolute Gasteiger partial charge is 0.227 e. The molecule has 3 nitrogen and oxygen atoms in total. The lowest BCUT2D eigenvalue weighted by atomic mass is 10.2. The van der Waals surface area contributed by atoms with Crippen molar-refractivity contribution >= 4 is 43.8 Å².